The second kappa shape index (κ2) is 4.32. The summed E-state index contributed by atoms with van der Waals surface area (Å²) in [6.45, 7) is 1.65. The van der Waals surface area contributed by atoms with Gasteiger partial charge in [0.2, 0.25) is 5.88 Å². The lowest BCUT2D eigenvalue weighted by Crippen LogP contribution is -1.98. The van der Waals surface area contributed by atoms with E-state index in [-0.39, 0.29) is 17.4 Å². The Kier molecular flexibility index (Phi) is 2.86. The summed E-state index contributed by atoms with van der Waals surface area (Å²) in [5, 5.41) is 0. The molecule has 2 aromatic rings. The van der Waals surface area contributed by atoms with Gasteiger partial charge in [-0.3, -0.25) is 0 Å². The van der Waals surface area contributed by atoms with Crippen LogP contribution in [0.15, 0.2) is 24.3 Å². The number of nitrogens with two attached hydrogens (primary N) is 1. The molecule has 2 rings (SSSR count). The first-order valence-electron chi connectivity index (χ1n) is 4.78. The summed E-state index contributed by atoms with van der Waals surface area (Å²) in [7, 11) is 0. The Morgan fingerprint density at radius 3 is 2.53 bits per heavy atom. The van der Waals surface area contributed by atoms with Gasteiger partial charge in [-0.1, -0.05) is 0 Å². The molecule has 1 heterocycles. The number of aromatic nitrogens is 2. The number of nitrogens with zero attached hydrogens (tertiary/aromatic N) is 2. The SMILES string of the molecule is Cc1nc(N)cc(Oc2ccc(F)c(F)c2)n1. The van der Waals surface area contributed by atoms with E-state index >= 15 is 0 Å². The van der Waals surface area contributed by atoms with Crippen LogP contribution in [0.4, 0.5) is 14.6 Å². The highest BCUT2D eigenvalue weighted by atomic mass is 19.2. The standard InChI is InChI=1S/C11H9F2N3O/c1-6-15-10(14)5-11(16-6)17-7-2-3-8(12)9(13)4-7/h2-5H,1H3,(H2,14,15,16). The maximum atomic E-state index is 12.9. The lowest BCUT2D eigenvalue weighted by molar-refractivity contribution is 0.446. The van der Waals surface area contributed by atoms with Crippen molar-refractivity contribution >= 4 is 5.82 Å². The van der Waals surface area contributed by atoms with E-state index in [4.69, 9.17) is 10.5 Å². The van der Waals surface area contributed by atoms with Crippen molar-refractivity contribution in [2.24, 2.45) is 0 Å². The lowest BCUT2D eigenvalue weighted by atomic mass is 10.3. The highest BCUT2D eigenvalue weighted by Crippen LogP contribution is 2.22. The summed E-state index contributed by atoms with van der Waals surface area (Å²) in [6, 6.07) is 4.60. The molecule has 0 bridgehead atoms. The normalized spacial score (nSPS) is 10.3. The molecular formula is C11H9F2N3O. The van der Waals surface area contributed by atoms with Crippen molar-refractivity contribution in [3.8, 4) is 11.6 Å². The van der Waals surface area contributed by atoms with E-state index in [1.165, 1.54) is 12.1 Å². The first-order chi connectivity index (χ1) is 8.04. The van der Waals surface area contributed by atoms with E-state index in [9.17, 15) is 8.78 Å². The van der Waals surface area contributed by atoms with Crippen LogP contribution in [0.2, 0.25) is 0 Å². The Morgan fingerprint density at radius 2 is 1.88 bits per heavy atom. The van der Waals surface area contributed by atoms with Crippen LogP contribution in [0.1, 0.15) is 5.82 Å². The molecule has 0 aliphatic heterocycles. The smallest absolute Gasteiger partial charge is 0.224 e. The van der Waals surface area contributed by atoms with Crippen molar-refractivity contribution in [2.45, 2.75) is 6.92 Å². The molecule has 2 N–H and O–H groups in total. The number of anilines is 1. The van der Waals surface area contributed by atoms with Gasteiger partial charge >= 0.3 is 0 Å². The third-order valence-electron chi connectivity index (χ3n) is 1.95. The highest BCUT2D eigenvalue weighted by Gasteiger charge is 2.06. The topological polar surface area (TPSA) is 61.0 Å². The van der Waals surface area contributed by atoms with Gasteiger partial charge < -0.3 is 10.5 Å². The number of rotatable bonds is 2. The van der Waals surface area contributed by atoms with Gasteiger partial charge in [0.15, 0.2) is 11.6 Å². The van der Waals surface area contributed by atoms with E-state index in [0.717, 1.165) is 12.1 Å². The number of aryl methyl sites for hydroxylation is 1. The monoisotopic (exact) mass is 237 g/mol. The molecule has 0 spiro atoms. The van der Waals surface area contributed by atoms with Gasteiger partial charge in [-0.25, -0.2) is 13.8 Å². The molecule has 0 amide bonds. The zero-order chi connectivity index (χ0) is 12.4. The molecule has 0 radical (unpaired) electrons. The molecule has 0 aliphatic rings. The molecule has 6 heteroatoms. The van der Waals surface area contributed by atoms with Crippen LogP contribution in [0.5, 0.6) is 11.6 Å². The second-order valence-electron chi connectivity index (χ2n) is 3.36. The summed E-state index contributed by atoms with van der Waals surface area (Å²) in [6.07, 6.45) is 0. The second-order valence-corrected chi connectivity index (χ2v) is 3.36. The fourth-order valence-electron chi connectivity index (χ4n) is 1.28. The Labute approximate surface area is 96.1 Å². The third kappa shape index (κ3) is 2.66. The van der Waals surface area contributed by atoms with Gasteiger partial charge in [0, 0.05) is 12.1 Å². The number of ether oxygens (including phenoxy) is 1. The summed E-state index contributed by atoms with van der Waals surface area (Å²) < 4.78 is 30.9. The predicted molar refractivity (Wildman–Crippen MR) is 57.6 cm³/mol. The van der Waals surface area contributed by atoms with Crippen LogP contribution in [0, 0.1) is 18.6 Å². The first kappa shape index (κ1) is 11.3. The summed E-state index contributed by atoms with van der Waals surface area (Å²) in [5.41, 5.74) is 5.50. The third-order valence-corrected chi connectivity index (χ3v) is 1.95. The molecule has 17 heavy (non-hydrogen) atoms. The minimum atomic E-state index is -0.985. The van der Waals surface area contributed by atoms with Gasteiger partial charge in [-0.15, -0.1) is 0 Å². The van der Waals surface area contributed by atoms with Crippen molar-refractivity contribution in [2.75, 3.05) is 5.73 Å². The Morgan fingerprint density at radius 1 is 1.12 bits per heavy atom. The molecule has 0 saturated carbocycles. The summed E-state index contributed by atoms with van der Waals surface area (Å²) in [5.74, 6) is -0.919. The van der Waals surface area contributed by atoms with E-state index < -0.39 is 11.6 Å². The van der Waals surface area contributed by atoms with Gasteiger partial charge in [0.1, 0.15) is 17.4 Å². The molecule has 1 aromatic carbocycles. The lowest BCUT2D eigenvalue weighted by Gasteiger charge is -2.06. The number of benzene rings is 1. The fourth-order valence-corrected chi connectivity index (χ4v) is 1.28. The van der Waals surface area contributed by atoms with Crippen LogP contribution in [0.3, 0.4) is 0 Å². The Bertz CT molecular complexity index is 540. The summed E-state index contributed by atoms with van der Waals surface area (Å²) in [4.78, 5) is 7.81. The minimum absolute atomic E-state index is 0.140. The number of halogens is 2. The predicted octanol–water partition coefficient (Wildman–Crippen LogP) is 2.44. The van der Waals surface area contributed by atoms with Crippen molar-refractivity contribution in [3.05, 3.63) is 41.7 Å². The zero-order valence-electron chi connectivity index (χ0n) is 8.95. The van der Waals surface area contributed by atoms with Gasteiger partial charge in [-0.2, -0.15) is 4.98 Å². The number of nitrogen functional groups attached to an aromatic ring is 1. The van der Waals surface area contributed by atoms with Crippen molar-refractivity contribution in [1.29, 1.82) is 0 Å². The Hall–Kier alpha value is -2.24. The molecule has 0 fully saturated rings. The summed E-state index contributed by atoms with van der Waals surface area (Å²) >= 11 is 0. The van der Waals surface area contributed by atoms with Crippen molar-refractivity contribution < 1.29 is 13.5 Å². The molecular weight excluding hydrogens is 228 g/mol. The number of hydrogen-bond donors (Lipinski definition) is 1. The Balaban J connectivity index is 2.28. The van der Waals surface area contributed by atoms with Crippen LogP contribution >= 0.6 is 0 Å². The van der Waals surface area contributed by atoms with Crippen molar-refractivity contribution in [3.63, 3.8) is 0 Å². The molecule has 88 valence electrons. The van der Waals surface area contributed by atoms with E-state index in [0.29, 0.717) is 5.82 Å². The molecule has 0 saturated heterocycles. The molecule has 1 aromatic heterocycles. The maximum Gasteiger partial charge on any atom is 0.224 e. The fraction of sp³-hybridized carbons (Fsp3) is 0.0909. The van der Waals surface area contributed by atoms with E-state index in [1.54, 1.807) is 6.92 Å². The average Bonchev–Trinajstić information content (AvgIpc) is 2.22. The molecule has 0 aliphatic carbocycles. The number of hydrogen-bond acceptors (Lipinski definition) is 4. The van der Waals surface area contributed by atoms with E-state index in [1.807, 2.05) is 0 Å². The molecule has 0 atom stereocenters. The first-order valence-corrected chi connectivity index (χ1v) is 4.78. The molecule has 0 unspecified atom stereocenters. The zero-order valence-corrected chi connectivity index (χ0v) is 8.95. The molecule has 4 nitrogen and oxygen atoms in total. The van der Waals surface area contributed by atoms with Gasteiger partial charge in [0.05, 0.1) is 0 Å². The van der Waals surface area contributed by atoms with Crippen LogP contribution in [-0.4, -0.2) is 9.97 Å². The maximum absolute atomic E-state index is 12.9. The minimum Gasteiger partial charge on any atom is -0.439 e. The van der Waals surface area contributed by atoms with Gasteiger partial charge in [-0.05, 0) is 19.1 Å². The van der Waals surface area contributed by atoms with Crippen molar-refractivity contribution in [1.82, 2.24) is 9.97 Å². The highest BCUT2D eigenvalue weighted by molar-refractivity contribution is 5.35. The largest absolute Gasteiger partial charge is 0.439 e. The van der Waals surface area contributed by atoms with Gasteiger partial charge in [0.25, 0.3) is 0 Å². The van der Waals surface area contributed by atoms with Crippen LogP contribution in [-0.2, 0) is 0 Å². The average molecular weight is 237 g/mol. The van der Waals surface area contributed by atoms with Crippen LogP contribution < -0.4 is 10.5 Å². The van der Waals surface area contributed by atoms with Crippen LogP contribution in [0.25, 0.3) is 0 Å². The van der Waals surface area contributed by atoms with E-state index in [2.05, 4.69) is 9.97 Å². The quantitative estimate of drug-likeness (QED) is 0.871.